The van der Waals surface area contributed by atoms with Gasteiger partial charge in [-0.2, -0.15) is 8.42 Å². The molecule has 10 heteroatoms. The van der Waals surface area contributed by atoms with Gasteiger partial charge in [0.25, 0.3) is 5.91 Å². The van der Waals surface area contributed by atoms with Crippen LogP contribution in [0.4, 0.5) is 5.69 Å². The Hall–Kier alpha value is -4.37. The minimum absolute atomic E-state index is 0.108. The van der Waals surface area contributed by atoms with Gasteiger partial charge >= 0.3 is 10.2 Å². The van der Waals surface area contributed by atoms with E-state index in [2.05, 4.69) is 69.3 Å². The third kappa shape index (κ3) is 6.89. The Kier molecular flexibility index (Phi) is 8.55. The van der Waals surface area contributed by atoms with Crippen LogP contribution >= 0.6 is 23.2 Å². The number of hydrogen-bond acceptors (Lipinski definition) is 4. The molecule has 5 aromatic rings. The number of amides is 1. The van der Waals surface area contributed by atoms with Gasteiger partial charge in [-0.05, 0) is 69.6 Å². The summed E-state index contributed by atoms with van der Waals surface area (Å²) in [7, 11) is -3.87. The molecule has 0 saturated carbocycles. The number of nitrogens with one attached hydrogen (secondary N) is 1. The maximum absolute atomic E-state index is 12.3. The average Bonchev–Trinajstić information content (AvgIpc) is 3.54. The number of carbonyl (C=O) groups excluding carboxylic acids is 1. The van der Waals surface area contributed by atoms with Gasteiger partial charge in [-0.25, -0.2) is 14.0 Å². The fourth-order valence-corrected chi connectivity index (χ4v) is 6.93. The SMILES string of the molecule is CC(C)(C)c1ccc(-c2ccc(/C=C/c3nc(-c4ccc(Cl)cc4Cl)cn3Cc3ccc(N4CC(=O)NS4(=O)=O)cc3)cc2)cc1. The Morgan fingerprint density at radius 2 is 1.52 bits per heavy atom. The summed E-state index contributed by atoms with van der Waals surface area (Å²) in [4.78, 5) is 16.6. The first-order chi connectivity index (χ1) is 21.9. The molecule has 234 valence electrons. The maximum atomic E-state index is 12.3. The lowest BCUT2D eigenvalue weighted by molar-refractivity contribution is -0.117. The highest BCUT2D eigenvalue weighted by atomic mass is 35.5. The number of carbonyl (C=O) groups is 1. The van der Waals surface area contributed by atoms with E-state index in [-0.39, 0.29) is 12.0 Å². The average molecular weight is 672 g/mol. The summed E-state index contributed by atoms with van der Waals surface area (Å²) in [5.41, 5.74) is 7.52. The van der Waals surface area contributed by atoms with Crippen LogP contribution < -0.4 is 9.03 Å². The van der Waals surface area contributed by atoms with E-state index in [0.717, 1.165) is 26.6 Å². The molecule has 4 aromatic carbocycles. The van der Waals surface area contributed by atoms with Crippen LogP contribution in [0.25, 0.3) is 34.5 Å². The fourth-order valence-electron chi connectivity index (χ4n) is 5.28. The molecule has 1 N–H and O–H groups in total. The number of aromatic nitrogens is 2. The number of benzene rings is 4. The van der Waals surface area contributed by atoms with E-state index in [1.54, 1.807) is 24.3 Å². The van der Waals surface area contributed by atoms with Gasteiger partial charge in [-0.3, -0.25) is 4.79 Å². The van der Waals surface area contributed by atoms with Crippen molar-refractivity contribution in [1.29, 1.82) is 0 Å². The number of nitrogens with zero attached hydrogens (tertiary/aromatic N) is 3. The van der Waals surface area contributed by atoms with Crippen LogP contribution in [-0.2, 0) is 27.0 Å². The molecule has 0 aliphatic carbocycles. The minimum atomic E-state index is -3.87. The third-order valence-electron chi connectivity index (χ3n) is 7.83. The van der Waals surface area contributed by atoms with Crippen molar-refractivity contribution in [2.75, 3.05) is 10.8 Å². The number of hydrogen-bond donors (Lipinski definition) is 1. The Balaban J connectivity index is 1.27. The van der Waals surface area contributed by atoms with Crippen molar-refractivity contribution in [3.63, 3.8) is 0 Å². The number of imidazole rings is 1. The Morgan fingerprint density at radius 1 is 0.870 bits per heavy atom. The number of anilines is 1. The van der Waals surface area contributed by atoms with Gasteiger partial charge in [0.15, 0.2) is 0 Å². The summed E-state index contributed by atoms with van der Waals surface area (Å²) in [5.74, 6) is 0.153. The summed E-state index contributed by atoms with van der Waals surface area (Å²) in [6, 6.07) is 29.5. The lowest BCUT2D eigenvalue weighted by atomic mass is 9.86. The first kappa shape index (κ1) is 31.6. The first-order valence-electron chi connectivity index (χ1n) is 14.7. The zero-order valence-electron chi connectivity index (χ0n) is 25.5. The first-order valence-corrected chi connectivity index (χ1v) is 16.9. The fraction of sp³-hybridized carbons (Fsp3) is 0.167. The quantitative estimate of drug-likeness (QED) is 0.189. The zero-order valence-corrected chi connectivity index (χ0v) is 27.9. The second-order valence-corrected chi connectivity index (χ2v) is 14.7. The van der Waals surface area contributed by atoms with E-state index >= 15 is 0 Å². The van der Waals surface area contributed by atoms with Gasteiger partial charge in [0.2, 0.25) is 0 Å². The summed E-state index contributed by atoms with van der Waals surface area (Å²) in [6.45, 7) is 6.86. The Labute approximate surface area is 279 Å². The predicted octanol–water partition coefficient (Wildman–Crippen LogP) is 8.22. The van der Waals surface area contributed by atoms with E-state index in [0.29, 0.717) is 33.8 Å². The summed E-state index contributed by atoms with van der Waals surface area (Å²) in [5, 5.41) is 1.04. The van der Waals surface area contributed by atoms with Crippen LogP contribution in [0.1, 0.15) is 43.3 Å². The van der Waals surface area contributed by atoms with Gasteiger partial charge in [0, 0.05) is 23.3 Å². The molecule has 1 aromatic heterocycles. The van der Waals surface area contributed by atoms with Crippen LogP contribution in [0.2, 0.25) is 10.0 Å². The van der Waals surface area contributed by atoms with Crippen molar-refractivity contribution in [2.24, 2.45) is 0 Å². The molecule has 0 atom stereocenters. The second-order valence-electron chi connectivity index (χ2n) is 12.2. The van der Waals surface area contributed by atoms with Crippen LogP contribution in [0.3, 0.4) is 0 Å². The van der Waals surface area contributed by atoms with Gasteiger partial charge in [0.1, 0.15) is 12.4 Å². The van der Waals surface area contributed by atoms with Crippen LogP contribution in [0.5, 0.6) is 0 Å². The maximum Gasteiger partial charge on any atom is 0.326 e. The van der Waals surface area contributed by atoms with Crippen molar-refractivity contribution in [1.82, 2.24) is 14.3 Å². The molecule has 0 spiro atoms. The zero-order chi connectivity index (χ0) is 32.6. The highest BCUT2D eigenvalue weighted by Crippen LogP contribution is 2.31. The normalized spacial score (nSPS) is 14.6. The van der Waals surface area contributed by atoms with Gasteiger partial charge < -0.3 is 4.57 Å². The third-order valence-corrected chi connectivity index (χ3v) is 9.79. The molecule has 1 aliphatic heterocycles. The standard InChI is InChI=1S/C36H32Cl2N4O3S/c1-36(2,3)28-13-11-27(12-14-28)26-9-4-24(5-10-26)8-19-34-39-33(31-18-15-29(37)20-32(31)38)22-41(34)21-25-6-16-30(17-7-25)42-23-35(43)40-46(42,44)45/h4-20,22H,21,23H2,1-3H3,(H,40,43)/b19-8+. The molecular formula is C36H32Cl2N4O3S. The van der Waals surface area contributed by atoms with Crippen molar-refractivity contribution >= 4 is 57.2 Å². The van der Waals surface area contributed by atoms with Gasteiger partial charge in [0.05, 0.1) is 16.4 Å². The second kappa shape index (κ2) is 12.4. The molecule has 2 heterocycles. The number of halogens is 2. The molecule has 0 radical (unpaired) electrons. The van der Waals surface area contributed by atoms with E-state index in [1.165, 1.54) is 11.1 Å². The molecule has 0 unspecified atom stereocenters. The van der Waals surface area contributed by atoms with Gasteiger partial charge in [-0.15, -0.1) is 0 Å². The topological polar surface area (TPSA) is 84.3 Å². The molecule has 0 bridgehead atoms. The molecule has 1 saturated heterocycles. The molecule has 1 aliphatic rings. The van der Waals surface area contributed by atoms with E-state index in [1.807, 2.05) is 45.8 Å². The molecular weight excluding hydrogens is 639 g/mol. The number of rotatable bonds is 7. The van der Waals surface area contributed by atoms with Gasteiger partial charge in [-0.1, -0.05) is 111 Å². The smallest absolute Gasteiger partial charge is 0.326 e. The lowest BCUT2D eigenvalue weighted by Gasteiger charge is -2.19. The van der Waals surface area contributed by atoms with Crippen LogP contribution in [0.15, 0.2) is 97.2 Å². The van der Waals surface area contributed by atoms with Crippen LogP contribution in [-0.4, -0.2) is 30.4 Å². The van der Waals surface area contributed by atoms with E-state index in [4.69, 9.17) is 28.2 Å². The van der Waals surface area contributed by atoms with Crippen LogP contribution in [0, 0.1) is 0 Å². The molecule has 7 nitrogen and oxygen atoms in total. The molecule has 6 rings (SSSR count). The predicted molar refractivity (Wildman–Crippen MR) is 187 cm³/mol. The molecule has 1 amide bonds. The lowest BCUT2D eigenvalue weighted by Crippen LogP contribution is -2.29. The van der Waals surface area contributed by atoms with E-state index < -0.39 is 16.1 Å². The summed E-state index contributed by atoms with van der Waals surface area (Å²) >= 11 is 12.7. The van der Waals surface area contributed by atoms with E-state index in [9.17, 15) is 13.2 Å². The van der Waals surface area contributed by atoms with Crippen molar-refractivity contribution < 1.29 is 13.2 Å². The highest BCUT2D eigenvalue weighted by molar-refractivity contribution is 7.92. The Morgan fingerprint density at radius 3 is 2.11 bits per heavy atom. The summed E-state index contributed by atoms with van der Waals surface area (Å²) < 4.78 is 29.6. The summed E-state index contributed by atoms with van der Waals surface area (Å²) in [6.07, 6.45) is 5.91. The Bertz CT molecular complexity index is 2050. The van der Waals surface area contributed by atoms with Crippen molar-refractivity contribution in [2.45, 2.75) is 32.7 Å². The molecule has 46 heavy (non-hydrogen) atoms. The van der Waals surface area contributed by atoms with Crippen molar-refractivity contribution in [3.8, 4) is 22.4 Å². The molecule has 1 fully saturated rings. The highest BCUT2D eigenvalue weighted by Gasteiger charge is 2.33. The largest absolute Gasteiger partial charge is 0.326 e. The monoisotopic (exact) mass is 670 g/mol. The minimum Gasteiger partial charge on any atom is -0.326 e. The van der Waals surface area contributed by atoms with Crippen molar-refractivity contribution in [3.05, 3.63) is 130 Å².